The van der Waals surface area contributed by atoms with Gasteiger partial charge in [0.1, 0.15) is 10.3 Å². The van der Waals surface area contributed by atoms with Crippen LogP contribution in [0.3, 0.4) is 0 Å². The summed E-state index contributed by atoms with van der Waals surface area (Å²) in [6.45, 7) is 0. The topological polar surface area (TPSA) is 66.0 Å². The van der Waals surface area contributed by atoms with E-state index in [1.165, 1.54) is 6.07 Å². The Bertz CT molecular complexity index is 478. The monoisotopic (exact) mass is 240 g/mol. The van der Waals surface area contributed by atoms with E-state index >= 15 is 0 Å². The first-order valence-electron chi connectivity index (χ1n) is 3.55. The van der Waals surface area contributed by atoms with Crippen molar-refractivity contribution in [3.8, 4) is 0 Å². The number of aromatic amines is 1. The van der Waals surface area contributed by atoms with Gasteiger partial charge in [0.25, 0.3) is 0 Å². The van der Waals surface area contributed by atoms with Crippen molar-refractivity contribution in [2.75, 3.05) is 0 Å². The quantitative estimate of drug-likeness (QED) is 0.750. The van der Waals surface area contributed by atoms with Crippen LogP contribution in [0.25, 0.3) is 11.0 Å². The minimum atomic E-state index is -0.951. The van der Waals surface area contributed by atoms with Gasteiger partial charge in [-0.05, 0) is 28.1 Å². The molecule has 0 bridgehead atoms. The van der Waals surface area contributed by atoms with Gasteiger partial charge in [-0.2, -0.15) is 0 Å². The Morgan fingerprint density at radius 2 is 2.38 bits per heavy atom. The lowest BCUT2D eigenvalue weighted by Crippen LogP contribution is -1.97. The van der Waals surface area contributed by atoms with Crippen LogP contribution in [0.1, 0.15) is 10.4 Å². The Kier molecular flexibility index (Phi) is 1.81. The number of carboxylic acids is 1. The molecule has 2 aromatic heterocycles. The highest BCUT2D eigenvalue weighted by molar-refractivity contribution is 9.10. The molecule has 2 N–H and O–H groups in total. The van der Waals surface area contributed by atoms with E-state index in [0.29, 0.717) is 15.6 Å². The number of halogens is 1. The third kappa shape index (κ3) is 1.31. The second-order valence-corrected chi connectivity index (χ2v) is 3.35. The van der Waals surface area contributed by atoms with Gasteiger partial charge in [-0.3, -0.25) is 0 Å². The lowest BCUT2D eigenvalue weighted by atomic mass is 10.2. The highest BCUT2D eigenvalue weighted by Gasteiger charge is 2.10. The summed E-state index contributed by atoms with van der Waals surface area (Å²) in [6, 6.07) is 3.18. The molecule has 2 rings (SSSR count). The number of hydrogen-bond donors (Lipinski definition) is 2. The van der Waals surface area contributed by atoms with Gasteiger partial charge in [-0.15, -0.1) is 0 Å². The second-order valence-electron chi connectivity index (χ2n) is 2.54. The zero-order valence-corrected chi connectivity index (χ0v) is 8.00. The molecule has 2 aromatic rings. The zero-order valence-electron chi connectivity index (χ0n) is 6.41. The number of pyridine rings is 1. The molecule has 0 fully saturated rings. The number of nitrogens with one attached hydrogen (secondary N) is 1. The van der Waals surface area contributed by atoms with Gasteiger partial charge in [-0.1, -0.05) is 0 Å². The van der Waals surface area contributed by atoms with E-state index in [4.69, 9.17) is 5.11 Å². The van der Waals surface area contributed by atoms with Crippen LogP contribution in [0.4, 0.5) is 0 Å². The zero-order chi connectivity index (χ0) is 9.42. The van der Waals surface area contributed by atoms with E-state index < -0.39 is 5.97 Å². The predicted octanol–water partition coefficient (Wildman–Crippen LogP) is 2.02. The molecule has 0 radical (unpaired) electrons. The SMILES string of the molecule is O=C(O)c1cc(Br)nc2[nH]ccc12. The van der Waals surface area contributed by atoms with Crippen LogP contribution in [0.15, 0.2) is 22.9 Å². The van der Waals surface area contributed by atoms with E-state index in [9.17, 15) is 4.79 Å². The first kappa shape index (κ1) is 8.25. The third-order valence-corrected chi connectivity index (χ3v) is 2.13. The molecule has 0 aliphatic heterocycles. The van der Waals surface area contributed by atoms with Crippen molar-refractivity contribution in [1.82, 2.24) is 9.97 Å². The predicted molar refractivity (Wildman–Crippen MR) is 50.8 cm³/mol. The Morgan fingerprint density at radius 3 is 3.08 bits per heavy atom. The molecule has 2 heterocycles. The Labute approximate surface area is 81.7 Å². The van der Waals surface area contributed by atoms with E-state index in [-0.39, 0.29) is 5.56 Å². The van der Waals surface area contributed by atoms with Crippen LogP contribution >= 0.6 is 15.9 Å². The Hall–Kier alpha value is -1.36. The Morgan fingerprint density at radius 1 is 1.62 bits per heavy atom. The van der Waals surface area contributed by atoms with Crippen LogP contribution in [0.5, 0.6) is 0 Å². The molecule has 4 nitrogen and oxygen atoms in total. The molecule has 0 amide bonds. The molecule has 0 unspecified atom stereocenters. The number of fused-ring (bicyclic) bond motifs is 1. The standard InChI is InChI=1S/C8H5BrN2O2/c9-6-3-5(8(12)13)4-1-2-10-7(4)11-6/h1-3H,(H,10,11)(H,12,13). The Balaban J connectivity index is 2.84. The first-order chi connectivity index (χ1) is 6.18. The molecule has 0 saturated carbocycles. The number of carbonyl (C=O) groups is 1. The molecule has 0 saturated heterocycles. The summed E-state index contributed by atoms with van der Waals surface area (Å²) in [5, 5.41) is 9.48. The summed E-state index contributed by atoms with van der Waals surface area (Å²) < 4.78 is 0.514. The fourth-order valence-electron chi connectivity index (χ4n) is 1.18. The van der Waals surface area contributed by atoms with Crippen LogP contribution in [0.2, 0.25) is 0 Å². The van der Waals surface area contributed by atoms with Crippen LogP contribution in [-0.4, -0.2) is 21.0 Å². The summed E-state index contributed by atoms with van der Waals surface area (Å²) in [6.07, 6.45) is 1.66. The second kappa shape index (κ2) is 2.85. The molecule has 0 aliphatic carbocycles. The fourth-order valence-corrected chi connectivity index (χ4v) is 1.59. The molecule has 5 heteroatoms. The maximum absolute atomic E-state index is 10.8. The molecule has 66 valence electrons. The minimum absolute atomic E-state index is 0.248. The molecule has 0 atom stereocenters. The van der Waals surface area contributed by atoms with E-state index in [1.54, 1.807) is 12.3 Å². The summed E-state index contributed by atoms with van der Waals surface area (Å²) >= 11 is 3.14. The smallest absolute Gasteiger partial charge is 0.336 e. The number of carboxylic acid groups (broad SMARTS) is 1. The number of aromatic nitrogens is 2. The average Bonchev–Trinajstić information content (AvgIpc) is 2.49. The summed E-state index contributed by atoms with van der Waals surface area (Å²) in [5.74, 6) is -0.951. The van der Waals surface area contributed by atoms with Gasteiger partial charge in [0, 0.05) is 11.6 Å². The molecular formula is C8H5BrN2O2. The average molecular weight is 241 g/mol. The van der Waals surface area contributed by atoms with Crippen molar-refractivity contribution < 1.29 is 9.90 Å². The van der Waals surface area contributed by atoms with Gasteiger partial charge in [-0.25, -0.2) is 9.78 Å². The van der Waals surface area contributed by atoms with Crippen LogP contribution < -0.4 is 0 Å². The largest absolute Gasteiger partial charge is 0.478 e. The van der Waals surface area contributed by atoms with Crippen molar-refractivity contribution in [2.24, 2.45) is 0 Å². The van der Waals surface area contributed by atoms with E-state index in [0.717, 1.165) is 0 Å². The number of aromatic carboxylic acids is 1. The van der Waals surface area contributed by atoms with Crippen molar-refractivity contribution in [3.63, 3.8) is 0 Å². The molecular weight excluding hydrogens is 236 g/mol. The highest BCUT2D eigenvalue weighted by atomic mass is 79.9. The van der Waals surface area contributed by atoms with Gasteiger partial charge < -0.3 is 10.1 Å². The van der Waals surface area contributed by atoms with Gasteiger partial charge in [0.2, 0.25) is 0 Å². The normalized spacial score (nSPS) is 10.5. The van der Waals surface area contributed by atoms with Gasteiger partial charge >= 0.3 is 5.97 Å². The fraction of sp³-hybridized carbons (Fsp3) is 0. The molecule has 0 aromatic carbocycles. The molecule has 0 spiro atoms. The third-order valence-electron chi connectivity index (χ3n) is 1.73. The molecule has 13 heavy (non-hydrogen) atoms. The van der Waals surface area contributed by atoms with Crippen molar-refractivity contribution >= 4 is 32.9 Å². The van der Waals surface area contributed by atoms with E-state index in [2.05, 4.69) is 25.9 Å². The number of hydrogen-bond acceptors (Lipinski definition) is 2. The summed E-state index contributed by atoms with van der Waals surface area (Å²) in [4.78, 5) is 17.7. The molecule has 0 aliphatic rings. The van der Waals surface area contributed by atoms with Crippen LogP contribution in [-0.2, 0) is 0 Å². The van der Waals surface area contributed by atoms with Crippen molar-refractivity contribution in [2.45, 2.75) is 0 Å². The van der Waals surface area contributed by atoms with E-state index in [1.807, 2.05) is 0 Å². The number of nitrogens with zero attached hydrogens (tertiary/aromatic N) is 1. The first-order valence-corrected chi connectivity index (χ1v) is 4.34. The lowest BCUT2D eigenvalue weighted by molar-refractivity contribution is 0.0699. The maximum atomic E-state index is 10.8. The highest BCUT2D eigenvalue weighted by Crippen LogP contribution is 2.19. The van der Waals surface area contributed by atoms with Crippen molar-refractivity contribution in [3.05, 3.63) is 28.5 Å². The summed E-state index contributed by atoms with van der Waals surface area (Å²) in [5.41, 5.74) is 0.824. The van der Waals surface area contributed by atoms with Gasteiger partial charge in [0.05, 0.1) is 5.56 Å². The number of rotatable bonds is 1. The maximum Gasteiger partial charge on any atom is 0.336 e. The lowest BCUT2D eigenvalue weighted by Gasteiger charge is -1.97. The van der Waals surface area contributed by atoms with Crippen LogP contribution in [0, 0.1) is 0 Å². The minimum Gasteiger partial charge on any atom is -0.478 e. The number of H-pyrrole nitrogens is 1. The summed E-state index contributed by atoms with van der Waals surface area (Å²) in [7, 11) is 0. The van der Waals surface area contributed by atoms with Crippen molar-refractivity contribution in [1.29, 1.82) is 0 Å². The van der Waals surface area contributed by atoms with Gasteiger partial charge in [0.15, 0.2) is 0 Å².